The van der Waals surface area contributed by atoms with E-state index in [0.717, 1.165) is 24.2 Å². The van der Waals surface area contributed by atoms with Gasteiger partial charge >= 0.3 is 0 Å². The van der Waals surface area contributed by atoms with Crippen LogP contribution in [-0.2, 0) is 4.74 Å². The summed E-state index contributed by atoms with van der Waals surface area (Å²) >= 11 is 0. The first-order valence-electron chi connectivity index (χ1n) is 7.11. The second-order valence-corrected chi connectivity index (χ2v) is 5.11. The summed E-state index contributed by atoms with van der Waals surface area (Å²) in [5, 5.41) is 4.46. The van der Waals surface area contributed by atoms with E-state index in [0.29, 0.717) is 24.9 Å². The monoisotopic (exact) mass is 299 g/mol. The van der Waals surface area contributed by atoms with Crippen LogP contribution in [-0.4, -0.2) is 45.9 Å². The Morgan fingerprint density at radius 2 is 2.00 bits per heavy atom. The molecule has 3 aromatic rings. The third-order valence-electron chi connectivity index (χ3n) is 3.63. The first-order chi connectivity index (χ1) is 10.8. The average Bonchev–Trinajstić information content (AvgIpc) is 2.99. The highest BCUT2D eigenvalue weighted by Gasteiger charge is 2.16. The van der Waals surface area contributed by atoms with Crippen LogP contribution in [0.25, 0.3) is 16.9 Å². The fraction of sp³-hybridized carbons (Fsp3) is 0.267. The van der Waals surface area contributed by atoms with Gasteiger partial charge in [-0.25, -0.2) is 13.9 Å². The zero-order valence-electron chi connectivity index (χ0n) is 11.8. The molecule has 0 saturated carbocycles. The van der Waals surface area contributed by atoms with E-state index in [-0.39, 0.29) is 5.82 Å². The van der Waals surface area contributed by atoms with Crippen molar-refractivity contribution < 1.29 is 9.13 Å². The van der Waals surface area contributed by atoms with Gasteiger partial charge < -0.3 is 9.64 Å². The van der Waals surface area contributed by atoms with Crippen LogP contribution in [0, 0.1) is 5.82 Å². The molecule has 1 aliphatic heterocycles. The molecule has 0 radical (unpaired) electrons. The van der Waals surface area contributed by atoms with Crippen molar-refractivity contribution in [2.24, 2.45) is 0 Å². The number of aromatic nitrogens is 4. The quantitative estimate of drug-likeness (QED) is 0.722. The fourth-order valence-corrected chi connectivity index (χ4v) is 2.49. The van der Waals surface area contributed by atoms with Gasteiger partial charge in [-0.3, -0.25) is 0 Å². The van der Waals surface area contributed by atoms with Gasteiger partial charge in [0.15, 0.2) is 0 Å². The van der Waals surface area contributed by atoms with Crippen LogP contribution in [0.2, 0.25) is 0 Å². The highest BCUT2D eigenvalue weighted by atomic mass is 19.1. The van der Waals surface area contributed by atoms with Crippen molar-refractivity contribution in [1.29, 1.82) is 0 Å². The van der Waals surface area contributed by atoms with Crippen LogP contribution in [0.3, 0.4) is 0 Å². The van der Waals surface area contributed by atoms with Gasteiger partial charge in [0, 0.05) is 31.0 Å². The molecule has 0 bridgehead atoms. The molecule has 112 valence electrons. The second-order valence-electron chi connectivity index (χ2n) is 5.11. The van der Waals surface area contributed by atoms with Gasteiger partial charge in [0.05, 0.1) is 13.2 Å². The highest BCUT2D eigenvalue weighted by Crippen LogP contribution is 2.20. The van der Waals surface area contributed by atoms with Crippen molar-refractivity contribution in [3.8, 4) is 11.1 Å². The van der Waals surface area contributed by atoms with E-state index in [2.05, 4.69) is 20.0 Å². The van der Waals surface area contributed by atoms with Crippen molar-refractivity contribution in [1.82, 2.24) is 19.6 Å². The van der Waals surface area contributed by atoms with Gasteiger partial charge in [-0.05, 0) is 17.7 Å². The Hall–Kier alpha value is -2.54. The smallest absolute Gasteiger partial charge is 0.253 e. The molecule has 0 unspecified atom stereocenters. The zero-order valence-corrected chi connectivity index (χ0v) is 11.8. The minimum absolute atomic E-state index is 0.273. The van der Waals surface area contributed by atoms with E-state index in [1.54, 1.807) is 16.8 Å². The normalized spacial score (nSPS) is 15.4. The number of halogens is 1. The lowest BCUT2D eigenvalue weighted by Crippen LogP contribution is -2.36. The number of hydrogen-bond donors (Lipinski definition) is 0. The highest BCUT2D eigenvalue weighted by molar-refractivity contribution is 5.62. The van der Waals surface area contributed by atoms with E-state index in [9.17, 15) is 4.39 Å². The number of anilines is 1. The van der Waals surface area contributed by atoms with Crippen molar-refractivity contribution in [3.63, 3.8) is 0 Å². The molecule has 3 heterocycles. The Balaban J connectivity index is 1.71. The maximum Gasteiger partial charge on any atom is 0.253 e. The first kappa shape index (κ1) is 13.1. The van der Waals surface area contributed by atoms with Crippen molar-refractivity contribution >= 4 is 11.7 Å². The van der Waals surface area contributed by atoms with Gasteiger partial charge in [0.2, 0.25) is 5.95 Å². The van der Waals surface area contributed by atoms with Gasteiger partial charge in [0.1, 0.15) is 5.82 Å². The number of fused-ring (bicyclic) bond motifs is 1. The summed E-state index contributed by atoms with van der Waals surface area (Å²) in [6.07, 6.45) is 3.50. The predicted octanol–water partition coefficient (Wildman–Crippen LogP) is 1.77. The van der Waals surface area contributed by atoms with Gasteiger partial charge in [-0.1, -0.05) is 12.1 Å². The summed E-state index contributed by atoms with van der Waals surface area (Å²) in [6, 6.07) is 6.41. The van der Waals surface area contributed by atoms with Crippen LogP contribution in [0.5, 0.6) is 0 Å². The number of hydrogen-bond acceptors (Lipinski definition) is 5. The maximum atomic E-state index is 13.3. The van der Waals surface area contributed by atoms with Crippen LogP contribution in [0.15, 0.2) is 36.7 Å². The number of morpholine rings is 1. The van der Waals surface area contributed by atoms with E-state index in [1.807, 2.05) is 12.3 Å². The molecule has 6 nitrogen and oxygen atoms in total. The molecule has 22 heavy (non-hydrogen) atoms. The zero-order chi connectivity index (χ0) is 14.9. The van der Waals surface area contributed by atoms with Crippen LogP contribution in [0.4, 0.5) is 10.3 Å². The molecule has 1 aliphatic rings. The molecule has 0 aliphatic carbocycles. The SMILES string of the molecule is Fc1cccc(-c2cnc3nc(N4CCOCC4)nn3c2)c1. The predicted molar refractivity (Wildman–Crippen MR) is 79.2 cm³/mol. The molecule has 1 aromatic carbocycles. The third-order valence-corrected chi connectivity index (χ3v) is 3.63. The fourth-order valence-electron chi connectivity index (χ4n) is 2.49. The molecule has 1 fully saturated rings. The molecule has 4 rings (SSSR count). The van der Waals surface area contributed by atoms with E-state index >= 15 is 0 Å². The van der Waals surface area contributed by atoms with Crippen molar-refractivity contribution in [2.45, 2.75) is 0 Å². The lowest BCUT2D eigenvalue weighted by molar-refractivity contribution is 0.122. The molecular formula is C15H14FN5O. The van der Waals surface area contributed by atoms with Crippen LogP contribution < -0.4 is 4.90 Å². The van der Waals surface area contributed by atoms with E-state index in [1.165, 1.54) is 12.1 Å². The lowest BCUT2D eigenvalue weighted by atomic mass is 10.1. The standard InChI is InChI=1S/C15H14FN5O/c16-13-3-1-2-11(8-13)12-9-17-14-18-15(19-21(14)10-12)20-4-6-22-7-5-20/h1-3,8-10H,4-7H2. The summed E-state index contributed by atoms with van der Waals surface area (Å²) in [5.74, 6) is 0.902. The second kappa shape index (κ2) is 5.34. The molecule has 1 saturated heterocycles. The third kappa shape index (κ3) is 2.39. The molecule has 7 heteroatoms. The Labute approximate surface area is 126 Å². The summed E-state index contributed by atoms with van der Waals surface area (Å²) in [5.41, 5.74) is 1.56. The lowest BCUT2D eigenvalue weighted by Gasteiger charge is -2.25. The maximum absolute atomic E-state index is 13.3. The van der Waals surface area contributed by atoms with Crippen molar-refractivity contribution in [2.75, 3.05) is 31.2 Å². The number of nitrogens with zero attached hydrogens (tertiary/aromatic N) is 5. The first-order valence-corrected chi connectivity index (χ1v) is 7.11. The van der Waals surface area contributed by atoms with Crippen LogP contribution in [0.1, 0.15) is 0 Å². The molecule has 0 spiro atoms. The summed E-state index contributed by atoms with van der Waals surface area (Å²) in [4.78, 5) is 10.8. The largest absolute Gasteiger partial charge is 0.378 e. The Morgan fingerprint density at radius 1 is 1.14 bits per heavy atom. The van der Waals surface area contributed by atoms with E-state index < -0.39 is 0 Å². The number of benzene rings is 1. The summed E-state index contributed by atoms with van der Waals surface area (Å²) < 4.78 is 20.3. The number of ether oxygens (including phenoxy) is 1. The Kier molecular flexibility index (Phi) is 3.19. The summed E-state index contributed by atoms with van der Waals surface area (Å²) in [6.45, 7) is 2.90. The van der Waals surface area contributed by atoms with Crippen LogP contribution >= 0.6 is 0 Å². The molecule has 0 amide bonds. The van der Waals surface area contributed by atoms with Gasteiger partial charge in [0.25, 0.3) is 5.78 Å². The minimum Gasteiger partial charge on any atom is -0.378 e. The van der Waals surface area contributed by atoms with Gasteiger partial charge in [-0.2, -0.15) is 4.98 Å². The number of rotatable bonds is 2. The van der Waals surface area contributed by atoms with Gasteiger partial charge in [-0.15, -0.1) is 5.10 Å². The Bertz CT molecular complexity index is 813. The molecule has 0 atom stereocenters. The summed E-state index contributed by atoms with van der Waals surface area (Å²) in [7, 11) is 0. The Morgan fingerprint density at radius 3 is 2.82 bits per heavy atom. The average molecular weight is 299 g/mol. The van der Waals surface area contributed by atoms with Crippen molar-refractivity contribution in [3.05, 3.63) is 42.5 Å². The molecular weight excluding hydrogens is 285 g/mol. The molecule has 0 N–H and O–H groups in total. The van der Waals surface area contributed by atoms with E-state index in [4.69, 9.17) is 4.74 Å². The molecule has 2 aromatic heterocycles. The topological polar surface area (TPSA) is 55.5 Å². The minimum atomic E-state index is -0.273.